The fourth-order valence-electron chi connectivity index (χ4n) is 1.79. The Morgan fingerprint density at radius 2 is 2.28 bits per heavy atom. The second-order valence-corrected chi connectivity index (χ2v) is 5.95. The van der Waals surface area contributed by atoms with Crippen LogP contribution in [0.3, 0.4) is 0 Å². The summed E-state index contributed by atoms with van der Waals surface area (Å²) < 4.78 is 6.66. The van der Waals surface area contributed by atoms with Crippen molar-refractivity contribution >= 4 is 33.4 Å². The molecule has 2 rings (SSSR count). The van der Waals surface area contributed by atoms with Gasteiger partial charge >= 0.3 is 0 Å². The molecule has 0 amide bonds. The molecule has 0 aliphatic heterocycles. The molecule has 1 aromatic carbocycles. The van der Waals surface area contributed by atoms with Gasteiger partial charge in [0.15, 0.2) is 0 Å². The molecular formula is C12H14BrClN2O2. The van der Waals surface area contributed by atoms with Crippen molar-refractivity contribution in [1.82, 2.24) is 0 Å². The van der Waals surface area contributed by atoms with E-state index in [0.717, 1.165) is 17.3 Å². The molecular weight excluding hydrogens is 320 g/mol. The lowest BCUT2D eigenvalue weighted by molar-refractivity contribution is 0.236. The van der Waals surface area contributed by atoms with Crippen LogP contribution in [0, 0.1) is 5.41 Å². The Kier molecular flexibility index (Phi) is 4.02. The molecule has 1 aromatic rings. The fraction of sp³-hybridized carbons (Fsp3) is 0.417. The number of hydrogen-bond acceptors (Lipinski definition) is 3. The number of halogens is 2. The van der Waals surface area contributed by atoms with Crippen LogP contribution in [0.5, 0.6) is 5.75 Å². The maximum atomic E-state index is 8.59. The maximum Gasteiger partial charge on any atom is 0.139 e. The zero-order valence-electron chi connectivity index (χ0n) is 9.70. The second kappa shape index (κ2) is 5.36. The Hall–Kier alpha value is -0.940. The summed E-state index contributed by atoms with van der Waals surface area (Å²) in [7, 11) is 0. The van der Waals surface area contributed by atoms with E-state index in [9.17, 15) is 0 Å². The SMILES string of the molecule is NC(CC1(COc2cc(Br)ccc2Cl)CC1)=NO. The quantitative estimate of drug-likeness (QED) is 0.375. The van der Waals surface area contributed by atoms with Gasteiger partial charge in [-0.15, -0.1) is 0 Å². The van der Waals surface area contributed by atoms with Crippen LogP contribution in [0.2, 0.25) is 5.02 Å². The predicted molar refractivity (Wildman–Crippen MR) is 74.3 cm³/mol. The van der Waals surface area contributed by atoms with Crippen LogP contribution >= 0.6 is 27.5 Å². The number of hydrogen-bond donors (Lipinski definition) is 2. The summed E-state index contributed by atoms with van der Waals surface area (Å²) in [5, 5.41) is 12.2. The molecule has 1 saturated carbocycles. The summed E-state index contributed by atoms with van der Waals surface area (Å²) in [6.07, 6.45) is 2.60. The molecule has 0 radical (unpaired) electrons. The molecule has 0 unspecified atom stereocenters. The van der Waals surface area contributed by atoms with E-state index < -0.39 is 0 Å². The van der Waals surface area contributed by atoms with E-state index in [2.05, 4.69) is 21.1 Å². The largest absolute Gasteiger partial charge is 0.491 e. The summed E-state index contributed by atoms with van der Waals surface area (Å²) in [5.74, 6) is 0.897. The maximum absolute atomic E-state index is 8.59. The first-order chi connectivity index (χ1) is 8.54. The van der Waals surface area contributed by atoms with Gasteiger partial charge in [0.25, 0.3) is 0 Å². The van der Waals surface area contributed by atoms with Crippen molar-refractivity contribution in [2.45, 2.75) is 19.3 Å². The highest BCUT2D eigenvalue weighted by Gasteiger charge is 2.44. The van der Waals surface area contributed by atoms with Crippen molar-refractivity contribution < 1.29 is 9.94 Å². The van der Waals surface area contributed by atoms with Gasteiger partial charge in [0.2, 0.25) is 0 Å². The number of ether oxygens (including phenoxy) is 1. The first-order valence-corrected chi connectivity index (χ1v) is 6.76. The minimum absolute atomic E-state index is 0.00194. The summed E-state index contributed by atoms with van der Waals surface area (Å²) >= 11 is 9.42. The number of rotatable bonds is 5. The first-order valence-electron chi connectivity index (χ1n) is 5.59. The molecule has 1 aliphatic carbocycles. The molecule has 0 bridgehead atoms. The number of benzene rings is 1. The van der Waals surface area contributed by atoms with Gasteiger partial charge in [-0.05, 0) is 31.0 Å². The number of nitrogens with zero attached hydrogens (tertiary/aromatic N) is 1. The fourth-order valence-corrected chi connectivity index (χ4v) is 2.30. The van der Waals surface area contributed by atoms with E-state index in [-0.39, 0.29) is 11.3 Å². The highest BCUT2D eigenvalue weighted by atomic mass is 79.9. The van der Waals surface area contributed by atoms with E-state index in [0.29, 0.717) is 23.8 Å². The lowest BCUT2D eigenvalue weighted by Gasteiger charge is -2.16. The number of nitrogens with two attached hydrogens (primary N) is 1. The van der Waals surface area contributed by atoms with Gasteiger partial charge in [-0.25, -0.2) is 0 Å². The van der Waals surface area contributed by atoms with E-state index >= 15 is 0 Å². The molecule has 0 spiro atoms. The highest BCUT2D eigenvalue weighted by Crippen LogP contribution is 2.49. The first kappa shape index (κ1) is 13.5. The van der Waals surface area contributed by atoms with E-state index in [1.54, 1.807) is 6.07 Å². The summed E-state index contributed by atoms with van der Waals surface area (Å²) in [6.45, 7) is 0.527. The molecule has 0 saturated heterocycles. The van der Waals surface area contributed by atoms with Gasteiger partial charge in [-0.2, -0.15) is 0 Å². The minimum atomic E-state index is 0.00194. The minimum Gasteiger partial charge on any atom is -0.491 e. The Morgan fingerprint density at radius 3 is 2.89 bits per heavy atom. The molecule has 6 heteroatoms. The normalized spacial score (nSPS) is 17.6. The van der Waals surface area contributed by atoms with Crippen LogP contribution in [0.15, 0.2) is 27.8 Å². The molecule has 4 nitrogen and oxygen atoms in total. The molecule has 1 fully saturated rings. The van der Waals surface area contributed by atoms with Gasteiger partial charge in [0.1, 0.15) is 11.6 Å². The molecule has 0 aromatic heterocycles. The van der Waals surface area contributed by atoms with Crippen LogP contribution in [-0.2, 0) is 0 Å². The molecule has 18 heavy (non-hydrogen) atoms. The molecule has 0 heterocycles. The van der Waals surface area contributed by atoms with Crippen LogP contribution < -0.4 is 10.5 Å². The summed E-state index contributed by atoms with van der Waals surface area (Å²) in [4.78, 5) is 0. The number of amidine groups is 1. The summed E-state index contributed by atoms with van der Waals surface area (Å²) in [6, 6.07) is 5.48. The van der Waals surface area contributed by atoms with Gasteiger partial charge in [-0.3, -0.25) is 0 Å². The zero-order valence-corrected chi connectivity index (χ0v) is 12.0. The molecule has 98 valence electrons. The van der Waals surface area contributed by atoms with Crippen molar-refractivity contribution in [3.63, 3.8) is 0 Å². The lowest BCUT2D eigenvalue weighted by Crippen LogP contribution is -2.22. The topological polar surface area (TPSA) is 67.8 Å². The highest BCUT2D eigenvalue weighted by molar-refractivity contribution is 9.10. The summed E-state index contributed by atoms with van der Waals surface area (Å²) in [5.41, 5.74) is 5.53. The van der Waals surface area contributed by atoms with Gasteiger partial charge in [0, 0.05) is 16.3 Å². The Morgan fingerprint density at radius 1 is 1.56 bits per heavy atom. The van der Waals surface area contributed by atoms with E-state index in [1.165, 1.54) is 0 Å². The van der Waals surface area contributed by atoms with Crippen LogP contribution in [0.4, 0.5) is 0 Å². The van der Waals surface area contributed by atoms with Crippen molar-refractivity contribution in [2.24, 2.45) is 16.3 Å². The second-order valence-electron chi connectivity index (χ2n) is 4.63. The molecule has 0 atom stereocenters. The zero-order chi connectivity index (χ0) is 13.2. The smallest absolute Gasteiger partial charge is 0.139 e. The predicted octanol–water partition coefficient (Wildman–Crippen LogP) is 3.40. The monoisotopic (exact) mass is 332 g/mol. The van der Waals surface area contributed by atoms with E-state index in [1.807, 2.05) is 12.1 Å². The van der Waals surface area contributed by atoms with Crippen LogP contribution in [0.25, 0.3) is 0 Å². The van der Waals surface area contributed by atoms with Crippen molar-refractivity contribution in [1.29, 1.82) is 0 Å². The third-order valence-corrected chi connectivity index (χ3v) is 3.87. The van der Waals surface area contributed by atoms with Crippen LogP contribution in [0.1, 0.15) is 19.3 Å². The third kappa shape index (κ3) is 3.29. The average Bonchev–Trinajstić information content (AvgIpc) is 3.10. The molecule has 1 aliphatic rings. The van der Waals surface area contributed by atoms with E-state index in [4.69, 9.17) is 27.3 Å². The van der Waals surface area contributed by atoms with Gasteiger partial charge in [0.05, 0.1) is 11.6 Å². The number of oxime groups is 1. The average molecular weight is 334 g/mol. The van der Waals surface area contributed by atoms with Gasteiger partial charge < -0.3 is 15.7 Å². The Balaban J connectivity index is 1.97. The lowest BCUT2D eigenvalue weighted by atomic mass is 10.0. The van der Waals surface area contributed by atoms with Crippen molar-refractivity contribution in [3.05, 3.63) is 27.7 Å². The Bertz CT molecular complexity index is 475. The molecule has 3 N–H and O–H groups in total. The van der Waals surface area contributed by atoms with Gasteiger partial charge in [-0.1, -0.05) is 32.7 Å². The standard InChI is InChI=1S/C12H14BrClN2O2/c13-8-1-2-9(14)10(5-8)18-7-12(3-4-12)6-11(15)16-17/h1-2,5,17H,3-4,6-7H2,(H2,15,16). The Labute approximate surface area is 119 Å². The van der Waals surface area contributed by atoms with Crippen molar-refractivity contribution in [2.75, 3.05) is 6.61 Å². The van der Waals surface area contributed by atoms with Crippen molar-refractivity contribution in [3.8, 4) is 5.75 Å². The van der Waals surface area contributed by atoms with Crippen LogP contribution in [-0.4, -0.2) is 17.6 Å². The third-order valence-electron chi connectivity index (χ3n) is 3.07.